The Morgan fingerprint density at radius 3 is 2.32 bits per heavy atom. The average Bonchev–Trinajstić information content (AvgIpc) is 3.15. The summed E-state index contributed by atoms with van der Waals surface area (Å²) >= 11 is 0. The molecule has 2 aromatic rings. The summed E-state index contributed by atoms with van der Waals surface area (Å²) in [5.74, 6) is 2.02. The molecule has 3 aliphatic carbocycles. The van der Waals surface area contributed by atoms with Gasteiger partial charge < -0.3 is 4.74 Å². The first-order chi connectivity index (χ1) is 16.2. The highest BCUT2D eigenvalue weighted by Crippen LogP contribution is 2.68. The van der Waals surface area contributed by atoms with Crippen LogP contribution in [-0.4, -0.2) is 11.4 Å². The molecule has 0 N–H and O–H groups in total. The summed E-state index contributed by atoms with van der Waals surface area (Å²) in [5.41, 5.74) is 3.38. The molecule has 0 spiro atoms. The number of ether oxygens (including phenoxy) is 1. The van der Waals surface area contributed by atoms with Crippen molar-refractivity contribution in [3.63, 3.8) is 0 Å². The van der Waals surface area contributed by atoms with Gasteiger partial charge in [0.05, 0.1) is 12.2 Å². The highest BCUT2D eigenvalue weighted by atomic mass is 16.5. The van der Waals surface area contributed by atoms with Gasteiger partial charge in [-0.05, 0) is 79.4 Å². The largest absolute Gasteiger partial charge is 0.370 e. The minimum absolute atomic E-state index is 0.118. The second-order valence-electron chi connectivity index (χ2n) is 12.1. The molecule has 0 saturated heterocycles. The predicted octanol–water partition coefficient (Wildman–Crippen LogP) is 7.73. The van der Waals surface area contributed by atoms with E-state index in [4.69, 9.17) is 4.74 Å². The average molecular weight is 457 g/mol. The third kappa shape index (κ3) is 3.61. The van der Waals surface area contributed by atoms with Crippen molar-refractivity contribution in [1.29, 1.82) is 0 Å². The molecule has 3 saturated carbocycles. The van der Waals surface area contributed by atoms with Crippen LogP contribution in [0.1, 0.15) is 71.4 Å². The fraction of sp³-hybridized carbons (Fsp3) is 0.531. The van der Waals surface area contributed by atoms with E-state index in [0.717, 1.165) is 25.7 Å². The van der Waals surface area contributed by atoms with E-state index in [1.165, 1.54) is 16.7 Å². The van der Waals surface area contributed by atoms with Crippen LogP contribution in [0.25, 0.3) is 5.57 Å². The number of rotatable bonds is 6. The molecule has 3 aliphatic rings. The third-order valence-corrected chi connectivity index (χ3v) is 9.89. The Morgan fingerprint density at radius 1 is 1.03 bits per heavy atom. The van der Waals surface area contributed by atoms with Gasteiger partial charge in [-0.3, -0.25) is 4.79 Å². The lowest BCUT2D eigenvalue weighted by atomic mass is 9.43. The van der Waals surface area contributed by atoms with Crippen molar-refractivity contribution in [1.82, 2.24) is 0 Å². The number of carbonyl (C=O) groups excluding carboxylic acids is 1. The van der Waals surface area contributed by atoms with Crippen LogP contribution in [0.3, 0.4) is 0 Å². The van der Waals surface area contributed by atoms with E-state index >= 15 is 0 Å². The maximum absolute atomic E-state index is 13.5. The number of Topliss-reactive ketones (excluding diaryl/α,β-unsaturated/α-hetero) is 1. The van der Waals surface area contributed by atoms with E-state index in [1.54, 1.807) is 0 Å². The lowest BCUT2D eigenvalue weighted by molar-refractivity contribution is -0.182. The minimum atomic E-state index is -0.364. The van der Waals surface area contributed by atoms with Crippen LogP contribution in [0.15, 0.2) is 66.7 Å². The second-order valence-corrected chi connectivity index (χ2v) is 12.1. The zero-order chi connectivity index (χ0) is 24.1. The van der Waals surface area contributed by atoms with Crippen LogP contribution in [0.5, 0.6) is 0 Å². The van der Waals surface area contributed by atoms with Crippen molar-refractivity contribution in [2.45, 2.75) is 72.5 Å². The quantitative estimate of drug-likeness (QED) is 0.444. The van der Waals surface area contributed by atoms with Crippen LogP contribution >= 0.6 is 0 Å². The van der Waals surface area contributed by atoms with Crippen molar-refractivity contribution < 1.29 is 9.53 Å². The molecule has 2 nitrogen and oxygen atoms in total. The molecule has 2 heteroatoms. The van der Waals surface area contributed by atoms with Gasteiger partial charge in [0.15, 0.2) is 0 Å². The van der Waals surface area contributed by atoms with Crippen molar-refractivity contribution in [2.24, 2.45) is 34.5 Å². The molecular formula is C32H40O2. The standard InChI is InChI=1S/C32H40O2/c1-22(2)32(34-21-24-12-8-6-9-13-24)17-16-30(4)20-26-27(18-28(30)32)31(5,29(26)33)19-23(3)25-14-10-7-11-15-25/h6-15,19,22,26-28H,16-18,20-21H2,1-5H3/b23-19+/t26-,27+,28+,30+,31+,32+/m0/s1. The summed E-state index contributed by atoms with van der Waals surface area (Å²) in [6.45, 7) is 12.1. The van der Waals surface area contributed by atoms with Gasteiger partial charge in [-0.2, -0.15) is 0 Å². The van der Waals surface area contributed by atoms with Gasteiger partial charge in [-0.15, -0.1) is 0 Å². The van der Waals surface area contributed by atoms with Crippen LogP contribution in [0.4, 0.5) is 0 Å². The third-order valence-electron chi connectivity index (χ3n) is 9.89. The molecule has 5 rings (SSSR count). The summed E-state index contributed by atoms with van der Waals surface area (Å²) in [7, 11) is 0. The molecule has 0 amide bonds. The van der Waals surface area contributed by atoms with Gasteiger partial charge in [0.1, 0.15) is 5.78 Å². The van der Waals surface area contributed by atoms with Crippen molar-refractivity contribution in [3.8, 4) is 0 Å². The van der Waals surface area contributed by atoms with Gasteiger partial charge in [-0.25, -0.2) is 0 Å². The first-order valence-corrected chi connectivity index (χ1v) is 13.2. The Bertz CT molecular complexity index is 1070. The van der Waals surface area contributed by atoms with Crippen molar-refractivity contribution in [2.75, 3.05) is 0 Å². The van der Waals surface area contributed by atoms with E-state index in [1.807, 2.05) is 6.07 Å². The zero-order valence-corrected chi connectivity index (χ0v) is 21.5. The number of ketones is 1. The highest BCUT2D eigenvalue weighted by Gasteiger charge is 2.68. The Labute approximate surface area is 205 Å². The van der Waals surface area contributed by atoms with Gasteiger partial charge in [-0.1, -0.05) is 87.5 Å². The summed E-state index contributed by atoms with van der Waals surface area (Å²) in [6, 6.07) is 21.1. The monoisotopic (exact) mass is 456 g/mol. The van der Waals surface area contributed by atoms with E-state index in [-0.39, 0.29) is 22.3 Å². The number of hydrogen-bond acceptors (Lipinski definition) is 2. The summed E-state index contributed by atoms with van der Waals surface area (Å²) in [6.07, 6.45) is 6.66. The maximum Gasteiger partial charge on any atom is 0.146 e. The molecule has 180 valence electrons. The first-order valence-electron chi connectivity index (χ1n) is 13.2. The normalized spacial score (nSPS) is 37.3. The van der Waals surface area contributed by atoms with Crippen molar-refractivity contribution in [3.05, 3.63) is 77.9 Å². The van der Waals surface area contributed by atoms with E-state index in [9.17, 15) is 4.79 Å². The summed E-state index contributed by atoms with van der Waals surface area (Å²) < 4.78 is 6.93. The molecule has 2 aromatic carbocycles. The molecule has 0 bridgehead atoms. The number of benzene rings is 2. The fourth-order valence-corrected chi connectivity index (χ4v) is 7.87. The van der Waals surface area contributed by atoms with E-state index in [2.05, 4.69) is 95.3 Å². The smallest absolute Gasteiger partial charge is 0.146 e. The molecular weight excluding hydrogens is 416 g/mol. The maximum atomic E-state index is 13.5. The van der Waals surface area contributed by atoms with Gasteiger partial charge in [0, 0.05) is 11.3 Å². The zero-order valence-electron chi connectivity index (χ0n) is 21.5. The van der Waals surface area contributed by atoms with Crippen LogP contribution < -0.4 is 0 Å². The van der Waals surface area contributed by atoms with E-state index < -0.39 is 0 Å². The topological polar surface area (TPSA) is 26.3 Å². The minimum Gasteiger partial charge on any atom is -0.370 e. The number of fused-ring (bicyclic) bond motifs is 2. The van der Waals surface area contributed by atoms with E-state index in [0.29, 0.717) is 30.1 Å². The Kier molecular flexibility index (Phi) is 5.88. The molecule has 0 aliphatic heterocycles. The number of carbonyl (C=O) groups is 1. The van der Waals surface area contributed by atoms with Gasteiger partial charge in [0.25, 0.3) is 0 Å². The number of allylic oxidation sites excluding steroid dienone is 2. The summed E-state index contributed by atoms with van der Waals surface area (Å²) in [5, 5.41) is 0. The van der Waals surface area contributed by atoms with Crippen LogP contribution in [-0.2, 0) is 16.1 Å². The molecule has 0 radical (unpaired) electrons. The summed E-state index contributed by atoms with van der Waals surface area (Å²) in [4.78, 5) is 13.5. The lowest BCUT2D eigenvalue weighted by Crippen LogP contribution is -2.62. The van der Waals surface area contributed by atoms with Crippen molar-refractivity contribution >= 4 is 11.4 Å². The second kappa shape index (κ2) is 8.48. The van der Waals surface area contributed by atoms with Crippen LogP contribution in [0.2, 0.25) is 0 Å². The Morgan fingerprint density at radius 2 is 1.68 bits per heavy atom. The fourth-order valence-electron chi connectivity index (χ4n) is 7.87. The molecule has 3 fully saturated rings. The molecule has 34 heavy (non-hydrogen) atoms. The first kappa shape index (κ1) is 23.5. The number of hydrogen-bond donors (Lipinski definition) is 0. The van der Waals surface area contributed by atoms with Gasteiger partial charge in [0.2, 0.25) is 0 Å². The van der Waals surface area contributed by atoms with Gasteiger partial charge >= 0.3 is 0 Å². The molecule has 6 atom stereocenters. The Balaban J connectivity index is 1.43. The highest BCUT2D eigenvalue weighted by molar-refractivity contribution is 5.97. The predicted molar refractivity (Wildman–Crippen MR) is 139 cm³/mol. The molecule has 0 aromatic heterocycles. The van der Waals surface area contributed by atoms with Crippen LogP contribution in [0, 0.1) is 34.5 Å². The molecule has 0 unspecified atom stereocenters. The molecule has 0 heterocycles. The SMILES string of the molecule is C/C(=C\[C@@]1(C)C(=O)[C@H]2C[C@@]3(C)CC[C@@](OCc4ccccc4)(C(C)C)[C@@H]3C[C@H]21)c1ccccc1. The Hall–Kier alpha value is -2.19. The lowest BCUT2D eigenvalue weighted by Gasteiger charge is -2.60.